The molecular weight excluding hydrogens is 235 g/mol. The lowest BCUT2D eigenvalue weighted by molar-refractivity contribution is -0.181. The Bertz CT molecular complexity index is 214. The summed E-state index contributed by atoms with van der Waals surface area (Å²) in [6.07, 6.45) is -4.01. The van der Waals surface area contributed by atoms with Crippen LogP contribution in [0.2, 0.25) is 0 Å². The molecule has 1 heterocycles. The second kappa shape index (κ2) is 5.55. The fraction of sp³-hybridized carbons (Fsp3) is 0.875. The maximum Gasteiger partial charge on any atom is 0.393 e. The number of ether oxygens (including phenoxy) is 1. The number of alkyl halides is 3. The molecule has 2 atom stereocenters. The quantitative estimate of drug-likeness (QED) is 0.714. The Morgan fingerprint density at radius 3 is 2.33 bits per heavy atom. The third-order valence-electron chi connectivity index (χ3n) is 2.36. The Hall–Kier alpha value is -0.490. The van der Waals surface area contributed by atoms with Crippen LogP contribution >= 0.6 is 12.4 Å². The summed E-state index contributed by atoms with van der Waals surface area (Å²) >= 11 is 0. The Balaban J connectivity index is 0.00000196. The van der Waals surface area contributed by atoms with Gasteiger partial charge in [-0.25, -0.2) is 0 Å². The normalized spacial score (nSPS) is 26.7. The SMILES string of the molecule is COC(=O)[C@@H]1CC[C@H](C(F)(F)F)CN1.Cl. The zero-order chi connectivity index (χ0) is 10.8. The topological polar surface area (TPSA) is 38.3 Å². The van der Waals surface area contributed by atoms with Crippen LogP contribution in [0.15, 0.2) is 0 Å². The van der Waals surface area contributed by atoms with Gasteiger partial charge < -0.3 is 10.1 Å². The Morgan fingerprint density at radius 2 is 2.00 bits per heavy atom. The van der Waals surface area contributed by atoms with Crippen LogP contribution < -0.4 is 5.32 Å². The molecule has 0 spiro atoms. The molecule has 15 heavy (non-hydrogen) atoms. The van der Waals surface area contributed by atoms with Crippen LogP contribution in [0.1, 0.15) is 12.8 Å². The minimum atomic E-state index is -4.17. The number of hydrogen-bond acceptors (Lipinski definition) is 3. The predicted octanol–water partition coefficient (Wildman–Crippen LogP) is 1.51. The lowest BCUT2D eigenvalue weighted by atomic mass is 9.94. The van der Waals surface area contributed by atoms with Gasteiger partial charge in [-0.2, -0.15) is 13.2 Å². The molecule has 0 saturated carbocycles. The van der Waals surface area contributed by atoms with Crippen LogP contribution in [0.5, 0.6) is 0 Å². The van der Waals surface area contributed by atoms with Gasteiger partial charge in [-0.3, -0.25) is 4.79 Å². The lowest BCUT2D eigenvalue weighted by Gasteiger charge is -2.29. The molecule has 0 radical (unpaired) electrons. The summed E-state index contributed by atoms with van der Waals surface area (Å²) in [5.74, 6) is -1.84. The van der Waals surface area contributed by atoms with Crippen molar-refractivity contribution in [2.45, 2.75) is 25.1 Å². The van der Waals surface area contributed by atoms with Crippen molar-refractivity contribution < 1.29 is 22.7 Å². The zero-order valence-electron chi connectivity index (χ0n) is 8.13. The number of methoxy groups -OCH3 is 1. The third kappa shape index (κ3) is 3.87. The molecule has 7 heteroatoms. The molecule has 0 amide bonds. The summed E-state index contributed by atoms with van der Waals surface area (Å²) in [4.78, 5) is 11.0. The van der Waals surface area contributed by atoms with Gasteiger partial charge >= 0.3 is 12.1 Å². The molecule has 1 saturated heterocycles. The van der Waals surface area contributed by atoms with E-state index < -0.39 is 24.1 Å². The summed E-state index contributed by atoms with van der Waals surface area (Å²) in [6, 6.07) is -0.585. The fourth-order valence-corrected chi connectivity index (χ4v) is 1.48. The molecule has 1 aliphatic rings. The highest BCUT2D eigenvalue weighted by atomic mass is 35.5. The second-order valence-corrected chi connectivity index (χ2v) is 3.30. The predicted molar refractivity (Wildman–Crippen MR) is 49.8 cm³/mol. The molecule has 1 N–H and O–H groups in total. The number of nitrogens with one attached hydrogen (secondary N) is 1. The van der Waals surface area contributed by atoms with E-state index in [0.717, 1.165) is 0 Å². The van der Waals surface area contributed by atoms with E-state index in [-0.39, 0.29) is 31.8 Å². The summed E-state index contributed by atoms with van der Waals surface area (Å²) in [5, 5.41) is 2.53. The summed E-state index contributed by atoms with van der Waals surface area (Å²) in [6.45, 7) is -0.205. The number of hydrogen-bond donors (Lipinski definition) is 1. The molecule has 1 aliphatic heterocycles. The minimum Gasteiger partial charge on any atom is -0.468 e. The molecule has 0 aromatic carbocycles. The zero-order valence-corrected chi connectivity index (χ0v) is 8.95. The van der Waals surface area contributed by atoms with E-state index in [0.29, 0.717) is 0 Å². The molecule has 0 aliphatic carbocycles. The van der Waals surface area contributed by atoms with Gasteiger partial charge in [-0.05, 0) is 12.8 Å². The molecule has 0 bridgehead atoms. The van der Waals surface area contributed by atoms with Crippen molar-refractivity contribution in [1.29, 1.82) is 0 Å². The van der Waals surface area contributed by atoms with Crippen LogP contribution in [0.3, 0.4) is 0 Å². The molecule has 0 aromatic rings. The van der Waals surface area contributed by atoms with Crippen LogP contribution in [0.4, 0.5) is 13.2 Å². The van der Waals surface area contributed by atoms with Gasteiger partial charge in [-0.1, -0.05) is 0 Å². The third-order valence-corrected chi connectivity index (χ3v) is 2.36. The van der Waals surface area contributed by atoms with Crippen molar-refractivity contribution in [2.24, 2.45) is 5.92 Å². The number of esters is 1. The summed E-state index contributed by atoms with van der Waals surface area (Å²) in [5.41, 5.74) is 0. The van der Waals surface area contributed by atoms with E-state index in [4.69, 9.17) is 0 Å². The van der Waals surface area contributed by atoms with Gasteiger partial charge in [-0.15, -0.1) is 12.4 Å². The van der Waals surface area contributed by atoms with Gasteiger partial charge in [0.15, 0.2) is 0 Å². The van der Waals surface area contributed by atoms with Gasteiger partial charge in [0.1, 0.15) is 6.04 Å². The molecule has 90 valence electrons. The first kappa shape index (κ1) is 14.5. The highest BCUT2D eigenvalue weighted by molar-refractivity contribution is 5.85. The number of halogens is 4. The van der Waals surface area contributed by atoms with E-state index in [9.17, 15) is 18.0 Å². The van der Waals surface area contributed by atoms with Crippen LogP contribution in [-0.4, -0.2) is 31.8 Å². The van der Waals surface area contributed by atoms with Crippen molar-refractivity contribution in [3.63, 3.8) is 0 Å². The van der Waals surface area contributed by atoms with Crippen molar-refractivity contribution in [3.05, 3.63) is 0 Å². The Kier molecular flexibility index (Phi) is 5.37. The first-order valence-corrected chi connectivity index (χ1v) is 4.33. The fourth-order valence-electron chi connectivity index (χ4n) is 1.48. The van der Waals surface area contributed by atoms with Crippen LogP contribution in [-0.2, 0) is 9.53 Å². The van der Waals surface area contributed by atoms with Crippen molar-refractivity contribution in [2.75, 3.05) is 13.7 Å². The van der Waals surface area contributed by atoms with Crippen molar-refractivity contribution >= 4 is 18.4 Å². The van der Waals surface area contributed by atoms with Crippen molar-refractivity contribution in [1.82, 2.24) is 5.32 Å². The van der Waals surface area contributed by atoms with Crippen LogP contribution in [0, 0.1) is 5.92 Å². The van der Waals surface area contributed by atoms with Crippen molar-refractivity contribution in [3.8, 4) is 0 Å². The minimum absolute atomic E-state index is 0. The highest BCUT2D eigenvalue weighted by Crippen LogP contribution is 2.31. The van der Waals surface area contributed by atoms with Crippen LogP contribution in [0.25, 0.3) is 0 Å². The molecular formula is C8H13ClF3NO2. The summed E-state index contributed by atoms with van der Waals surface area (Å²) < 4.78 is 41.0. The maximum atomic E-state index is 12.2. The van der Waals surface area contributed by atoms with E-state index in [1.807, 2.05) is 0 Å². The Labute approximate surface area is 91.8 Å². The van der Waals surface area contributed by atoms with Gasteiger partial charge in [0.05, 0.1) is 13.0 Å². The number of carbonyl (C=O) groups excluding carboxylic acids is 1. The molecule has 3 nitrogen and oxygen atoms in total. The van der Waals surface area contributed by atoms with E-state index >= 15 is 0 Å². The molecule has 1 rings (SSSR count). The number of rotatable bonds is 1. The average molecular weight is 248 g/mol. The Morgan fingerprint density at radius 1 is 1.40 bits per heavy atom. The molecule has 0 aromatic heterocycles. The second-order valence-electron chi connectivity index (χ2n) is 3.30. The number of piperidine rings is 1. The molecule has 1 fully saturated rings. The van der Waals surface area contributed by atoms with E-state index in [2.05, 4.69) is 10.1 Å². The lowest BCUT2D eigenvalue weighted by Crippen LogP contribution is -2.48. The monoisotopic (exact) mass is 247 g/mol. The standard InChI is InChI=1S/C8H12F3NO2.ClH/c1-14-7(13)6-3-2-5(4-12-6)8(9,10)11;/h5-6,12H,2-4H2,1H3;1H/t5-,6-;/m0./s1. The first-order valence-electron chi connectivity index (χ1n) is 4.33. The van der Waals surface area contributed by atoms with E-state index in [1.54, 1.807) is 0 Å². The van der Waals surface area contributed by atoms with Gasteiger partial charge in [0.25, 0.3) is 0 Å². The smallest absolute Gasteiger partial charge is 0.393 e. The largest absolute Gasteiger partial charge is 0.468 e. The van der Waals surface area contributed by atoms with Gasteiger partial charge in [0, 0.05) is 6.54 Å². The summed E-state index contributed by atoms with van der Waals surface area (Å²) in [7, 11) is 1.22. The maximum absolute atomic E-state index is 12.2. The van der Waals surface area contributed by atoms with Gasteiger partial charge in [0.2, 0.25) is 0 Å². The van der Waals surface area contributed by atoms with E-state index in [1.165, 1.54) is 7.11 Å². The number of carbonyl (C=O) groups is 1. The highest BCUT2D eigenvalue weighted by Gasteiger charge is 2.42. The average Bonchev–Trinajstić information content (AvgIpc) is 2.15. The molecule has 0 unspecified atom stereocenters. The first-order chi connectivity index (χ1) is 6.45.